The molecule has 1 aliphatic heterocycles. The minimum Gasteiger partial charge on any atom is -0.467 e. The third-order valence-corrected chi connectivity index (χ3v) is 2.57. The average molecular weight is 171 g/mol. The van der Waals surface area contributed by atoms with Crippen molar-refractivity contribution in [3.63, 3.8) is 0 Å². The second-order valence-electron chi connectivity index (χ2n) is 3.22. The third-order valence-electron chi connectivity index (χ3n) is 2.57. The van der Waals surface area contributed by atoms with Crippen LogP contribution in [-0.2, 0) is 14.3 Å². The summed E-state index contributed by atoms with van der Waals surface area (Å²) in [6.07, 6.45) is 0.983. The molecule has 0 spiro atoms. The van der Waals surface area contributed by atoms with Crippen molar-refractivity contribution in [3.8, 4) is 0 Å². The van der Waals surface area contributed by atoms with Crippen molar-refractivity contribution in [2.45, 2.75) is 25.3 Å². The number of esters is 1. The first kappa shape index (κ1) is 9.03. The maximum atomic E-state index is 11.3. The summed E-state index contributed by atoms with van der Waals surface area (Å²) in [4.78, 5) is 23.9. The van der Waals surface area contributed by atoms with E-state index in [4.69, 9.17) is 0 Å². The summed E-state index contributed by atoms with van der Waals surface area (Å²) in [6, 6.07) is 0. The van der Waals surface area contributed by atoms with Crippen LogP contribution in [0.4, 0.5) is 0 Å². The number of likely N-dealkylation sites (tertiary alicyclic amines) is 1. The molecule has 0 bridgehead atoms. The molecular formula is C8H13NO3. The zero-order chi connectivity index (χ0) is 9.35. The van der Waals surface area contributed by atoms with E-state index in [1.807, 2.05) is 0 Å². The second-order valence-corrected chi connectivity index (χ2v) is 3.22. The van der Waals surface area contributed by atoms with Crippen molar-refractivity contribution in [2.24, 2.45) is 0 Å². The molecule has 1 aliphatic rings. The second kappa shape index (κ2) is 2.77. The first-order valence-corrected chi connectivity index (χ1v) is 3.87. The van der Waals surface area contributed by atoms with Gasteiger partial charge in [-0.15, -0.1) is 0 Å². The first-order valence-electron chi connectivity index (χ1n) is 3.87. The number of likely N-dealkylation sites (N-methyl/N-ethyl adjacent to an activating group) is 1. The topological polar surface area (TPSA) is 46.6 Å². The van der Waals surface area contributed by atoms with Gasteiger partial charge >= 0.3 is 5.97 Å². The molecule has 4 nitrogen and oxygen atoms in total. The minimum absolute atomic E-state index is 0.00269. The molecular weight excluding hydrogens is 158 g/mol. The number of carbonyl (C=O) groups is 2. The molecule has 1 amide bonds. The Morgan fingerprint density at radius 3 is 2.58 bits per heavy atom. The van der Waals surface area contributed by atoms with Gasteiger partial charge in [0.15, 0.2) is 0 Å². The fraction of sp³-hybridized carbons (Fsp3) is 0.750. The van der Waals surface area contributed by atoms with Gasteiger partial charge in [-0.05, 0) is 13.3 Å². The van der Waals surface area contributed by atoms with Gasteiger partial charge in [-0.1, -0.05) is 0 Å². The van der Waals surface area contributed by atoms with Crippen molar-refractivity contribution in [3.05, 3.63) is 0 Å². The van der Waals surface area contributed by atoms with Crippen LogP contribution in [0.15, 0.2) is 0 Å². The van der Waals surface area contributed by atoms with Crippen LogP contribution in [0.3, 0.4) is 0 Å². The van der Waals surface area contributed by atoms with Gasteiger partial charge < -0.3 is 9.64 Å². The van der Waals surface area contributed by atoms with Crippen LogP contribution in [0, 0.1) is 0 Å². The van der Waals surface area contributed by atoms with E-state index in [0.717, 1.165) is 0 Å². The summed E-state index contributed by atoms with van der Waals surface area (Å²) < 4.78 is 4.62. The lowest BCUT2D eigenvalue weighted by Gasteiger charge is -2.28. The molecule has 12 heavy (non-hydrogen) atoms. The molecule has 1 rings (SSSR count). The molecule has 0 aromatic rings. The molecule has 0 aromatic heterocycles. The fourth-order valence-corrected chi connectivity index (χ4v) is 1.42. The van der Waals surface area contributed by atoms with Crippen LogP contribution >= 0.6 is 0 Å². The molecule has 1 atom stereocenters. The van der Waals surface area contributed by atoms with Crippen molar-refractivity contribution in [2.75, 3.05) is 14.2 Å². The van der Waals surface area contributed by atoms with E-state index < -0.39 is 5.54 Å². The molecule has 1 fully saturated rings. The van der Waals surface area contributed by atoms with Gasteiger partial charge in [0, 0.05) is 13.5 Å². The zero-order valence-corrected chi connectivity index (χ0v) is 7.59. The summed E-state index contributed by atoms with van der Waals surface area (Å²) in [5.74, 6) is -0.334. The van der Waals surface area contributed by atoms with Gasteiger partial charge in [-0.2, -0.15) is 0 Å². The quantitative estimate of drug-likeness (QED) is 0.528. The Morgan fingerprint density at radius 1 is 1.67 bits per heavy atom. The first-order chi connectivity index (χ1) is 5.52. The molecule has 1 heterocycles. The number of hydrogen-bond acceptors (Lipinski definition) is 3. The Labute approximate surface area is 71.5 Å². The molecule has 1 unspecified atom stereocenters. The van der Waals surface area contributed by atoms with E-state index in [1.165, 1.54) is 12.0 Å². The van der Waals surface area contributed by atoms with Gasteiger partial charge in [0.1, 0.15) is 5.54 Å². The molecule has 0 aliphatic carbocycles. The van der Waals surface area contributed by atoms with Crippen LogP contribution in [0.1, 0.15) is 19.8 Å². The highest BCUT2D eigenvalue weighted by Crippen LogP contribution is 2.29. The van der Waals surface area contributed by atoms with E-state index >= 15 is 0 Å². The molecule has 1 saturated heterocycles. The van der Waals surface area contributed by atoms with Crippen LogP contribution in [-0.4, -0.2) is 36.5 Å². The van der Waals surface area contributed by atoms with E-state index in [9.17, 15) is 9.59 Å². The molecule has 0 aromatic carbocycles. The molecule has 68 valence electrons. The smallest absolute Gasteiger partial charge is 0.331 e. The summed E-state index contributed by atoms with van der Waals surface area (Å²) in [7, 11) is 2.97. The SMILES string of the molecule is COC(=O)C1(C)CCC(=O)N1C. The maximum absolute atomic E-state index is 11.3. The largest absolute Gasteiger partial charge is 0.467 e. The van der Waals surface area contributed by atoms with E-state index in [-0.39, 0.29) is 11.9 Å². The maximum Gasteiger partial charge on any atom is 0.331 e. The summed E-state index contributed by atoms with van der Waals surface area (Å²) >= 11 is 0. The Morgan fingerprint density at radius 2 is 2.25 bits per heavy atom. The van der Waals surface area contributed by atoms with E-state index in [0.29, 0.717) is 12.8 Å². The average Bonchev–Trinajstić information content (AvgIpc) is 2.33. The molecule has 4 heteroatoms. The monoisotopic (exact) mass is 171 g/mol. The number of ether oxygens (including phenoxy) is 1. The Hall–Kier alpha value is -1.06. The van der Waals surface area contributed by atoms with Crippen molar-refractivity contribution >= 4 is 11.9 Å². The number of amides is 1. The Balaban J connectivity index is 2.85. The highest BCUT2D eigenvalue weighted by Gasteiger charge is 2.46. The van der Waals surface area contributed by atoms with Gasteiger partial charge in [-0.25, -0.2) is 4.79 Å². The molecule has 0 radical (unpaired) electrons. The zero-order valence-electron chi connectivity index (χ0n) is 7.59. The lowest BCUT2D eigenvalue weighted by Crippen LogP contribution is -2.47. The Bertz CT molecular complexity index is 226. The van der Waals surface area contributed by atoms with Gasteiger partial charge in [-0.3, -0.25) is 4.79 Å². The van der Waals surface area contributed by atoms with Gasteiger partial charge in [0.25, 0.3) is 0 Å². The van der Waals surface area contributed by atoms with Crippen LogP contribution < -0.4 is 0 Å². The van der Waals surface area contributed by atoms with Gasteiger partial charge in [0.2, 0.25) is 5.91 Å². The lowest BCUT2D eigenvalue weighted by molar-refractivity contribution is -0.154. The summed E-state index contributed by atoms with van der Waals surface area (Å²) in [5, 5.41) is 0. The van der Waals surface area contributed by atoms with E-state index in [1.54, 1.807) is 14.0 Å². The summed E-state index contributed by atoms with van der Waals surface area (Å²) in [6.45, 7) is 1.73. The van der Waals surface area contributed by atoms with Crippen molar-refractivity contribution < 1.29 is 14.3 Å². The predicted molar refractivity (Wildman–Crippen MR) is 42.4 cm³/mol. The van der Waals surface area contributed by atoms with E-state index in [2.05, 4.69) is 4.74 Å². The van der Waals surface area contributed by atoms with Gasteiger partial charge in [0.05, 0.1) is 7.11 Å². The normalized spacial score (nSPS) is 29.2. The standard InChI is InChI=1S/C8H13NO3/c1-8(7(11)12-3)5-4-6(10)9(8)2/h4-5H2,1-3H3. The van der Waals surface area contributed by atoms with Crippen LogP contribution in [0.5, 0.6) is 0 Å². The number of carbonyl (C=O) groups excluding carboxylic acids is 2. The number of rotatable bonds is 1. The minimum atomic E-state index is -0.744. The highest BCUT2D eigenvalue weighted by molar-refractivity contribution is 5.91. The summed E-state index contributed by atoms with van der Waals surface area (Å²) in [5.41, 5.74) is -0.744. The fourth-order valence-electron chi connectivity index (χ4n) is 1.42. The lowest BCUT2D eigenvalue weighted by atomic mass is 10.00. The van der Waals surface area contributed by atoms with Crippen molar-refractivity contribution in [1.82, 2.24) is 4.90 Å². The predicted octanol–water partition coefficient (Wildman–Crippen LogP) is 0.170. The van der Waals surface area contributed by atoms with Crippen LogP contribution in [0.25, 0.3) is 0 Å². The van der Waals surface area contributed by atoms with Crippen LogP contribution in [0.2, 0.25) is 0 Å². The highest BCUT2D eigenvalue weighted by atomic mass is 16.5. The third kappa shape index (κ3) is 1.07. The number of methoxy groups -OCH3 is 1. The Kier molecular flexibility index (Phi) is 2.08. The molecule has 0 saturated carbocycles. The number of hydrogen-bond donors (Lipinski definition) is 0. The van der Waals surface area contributed by atoms with Crippen molar-refractivity contribution in [1.29, 1.82) is 0 Å². The molecule has 0 N–H and O–H groups in total. The number of nitrogens with zero attached hydrogens (tertiary/aromatic N) is 1.